The van der Waals surface area contributed by atoms with Gasteiger partial charge in [0.1, 0.15) is 12.1 Å². The first-order valence-electron chi connectivity index (χ1n) is 4.98. The molecule has 0 saturated carbocycles. The summed E-state index contributed by atoms with van der Waals surface area (Å²) in [6, 6.07) is 0. The summed E-state index contributed by atoms with van der Waals surface area (Å²) in [5, 5.41) is 4.61. The molecule has 0 aliphatic rings. The van der Waals surface area contributed by atoms with Gasteiger partial charge in [0.25, 0.3) is 5.91 Å². The van der Waals surface area contributed by atoms with Crippen molar-refractivity contribution in [2.24, 2.45) is 5.10 Å². The molecule has 0 aromatic heterocycles. The van der Waals surface area contributed by atoms with Gasteiger partial charge in [0.2, 0.25) is 0 Å². The number of hydrazone groups is 1. The van der Waals surface area contributed by atoms with Crippen molar-refractivity contribution in [3.8, 4) is 0 Å². The average Bonchev–Trinajstić information content (AvgIpc) is 2.28. The lowest BCUT2D eigenvalue weighted by molar-refractivity contribution is -0.146. The Labute approximate surface area is 99.4 Å². The molecular weight excluding hydrogens is 228 g/mol. The fraction of sp³-hybridized carbons (Fsp3) is 0.600. The molecule has 96 valence electrons. The van der Waals surface area contributed by atoms with Crippen LogP contribution >= 0.6 is 0 Å². The molecule has 17 heavy (non-hydrogen) atoms. The molecule has 7 nitrogen and oxygen atoms in total. The summed E-state index contributed by atoms with van der Waals surface area (Å²) in [6.45, 7) is 3.31. The zero-order valence-corrected chi connectivity index (χ0v) is 10.3. The third-order valence-electron chi connectivity index (χ3n) is 1.76. The summed E-state index contributed by atoms with van der Waals surface area (Å²) < 4.78 is 9.02. The van der Waals surface area contributed by atoms with Crippen LogP contribution in [0.25, 0.3) is 0 Å². The standard InChI is InChI=1S/C10H16N2O5/c1-5-17-10(15)7(2)11-12(3)8(13)6-9(14)16-4/h5-6H2,1-4H3. The molecule has 0 aromatic carbocycles. The van der Waals surface area contributed by atoms with Crippen LogP contribution in [0.4, 0.5) is 0 Å². The van der Waals surface area contributed by atoms with Crippen molar-refractivity contribution in [1.82, 2.24) is 5.01 Å². The Balaban J connectivity index is 4.45. The minimum Gasteiger partial charge on any atom is -0.469 e. The van der Waals surface area contributed by atoms with E-state index in [-0.39, 0.29) is 12.3 Å². The summed E-state index contributed by atoms with van der Waals surface area (Å²) in [4.78, 5) is 33.4. The third kappa shape index (κ3) is 5.64. The molecule has 0 saturated heterocycles. The molecule has 0 fully saturated rings. The highest BCUT2D eigenvalue weighted by Crippen LogP contribution is 1.96. The lowest BCUT2D eigenvalue weighted by Gasteiger charge is -2.11. The van der Waals surface area contributed by atoms with E-state index < -0.39 is 24.3 Å². The highest BCUT2D eigenvalue weighted by molar-refractivity contribution is 6.35. The van der Waals surface area contributed by atoms with Gasteiger partial charge >= 0.3 is 11.9 Å². The van der Waals surface area contributed by atoms with Crippen LogP contribution in [0, 0.1) is 0 Å². The number of hydrogen-bond donors (Lipinski definition) is 0. The zero-order chi connectivity index (χ0) is 13.4. The molecule has 0 aromatic rings. The number of esters is 2. The number of amides is 1. The van der Waals surface area contributed by atoms with Crippen molar-refractivity contribution in [3.63, 3.8) is 0 Å². The number of carbonyl (C=O) groups is 3. The summed E-state index contributed by atoms with van der Waals surface area (Å²) in [5.41, 5.74) is 0.0348. The number of nitrogens with zero attached hydrogens (tertiary/aromatic N) is 2. The zero-order valence-electron chi connectivity index (χ0n) is 10.3. The first-order chi connectivity index (χ1) is 7.92. The Morgan fingerprint density at radius 3 is 2.35 bits per heavy atom. The van der Waals surface area contributed by atoms with E-state index >= 15 is 0 Å². The Hall–Kier alpha value is -1.92. The maximum absolute atomic E-state index is 11.4. The molecule has 0 spiro atoms. The summed E-state index contributed by atoms with van der Waals surface area (Å²) >= 11 is 0. The van der Waals surface area contributed by atoms with Gasteiger partial charge in [0, 0.05) is 7.05 Å². The summed E-state index contributed by atoms with van der Waals surface area (Å²) in [7, 11) is 2.52. The molecule has 0 heterocycles. The fourth-order valence-electron chi connectivity index (χ4n) is 0.867. The van der Waals surface area contributed by atoms with Gasteiger partial charge in [-0.25, -0.2) is 9.80 Å². The molecule has 0 unspecified atom stereocenters. The van der Waals surface area contributed by atoms with Crippen LogP contribution in [-0.4, -0.2) is 49.3 Å². The molecule has 0 rings (SSSR count). The number of carbonyl (C=O) groups excluding carboxylic acids is 3. The monoisotopic (exact) mass is 244 g/mol. The van der Waals surface area contributed by atoms with E-state index in [4.69, 9.17) is 0 Å². The van der Waals surface area contributed by atoms with Crippen LogP contribution in [0.2, 0.25) is 0 Å². The van der Waals surface area contributed by atoms with Crippen molar-refractivity contribution in [1.29, 1.82) is 0 Å². The van der Waals surface area contributed by atoms with E-state index in [9.17, 15) is 14.4 Å². The molecule has 7 heteroatoms. The van der Waals surface area contributed by atoms with Crippen molar-refractivity contribution < 1.29 is 23.9 Å². The van der Waals surface area contributed by atoms with Gasteiger partial charge < -0.3 is 9.47 Å². The van der Waals surface area contributed by atoms with Crippen LogP contribution in [0.3, 0.4) is 0 Å². The van der Waals surface area contributed by atoms with E-state index in [1.165, 1.54) is 21.1 Å². The largest absolute Gasteiger partial charge is 0.469 e. The van der Waals surface area contributed by atoms with Crippen LogP contribution in [0.15, 0.2) is 5.10 Å². The molecule has 0 atom stereocenters. The maximum atomic E-state index is 11.4. The first kappa shape index (κ1) is 15.1. The topological polar surface area (TPSA) is 85.3 Å². The predicted octanol–water partition coefficient (Wildman–Crippen LogP) is -0.0531. The molecule has 1 amide bonds. The second-order valence-electron chi connectivity index (χ2n) is 3.08. The molecule has 0 bridgehead atoms. The van der Waals surface area contributed by atoms with Gasteiger partial charge in [0.05, 0.1) is 13.7 Å². The average molecular weight is 244 g/mol. The highest BCUT2D eigenvalue weighted by atomic mass is 16.5. The first-order valence-corrected chi connectivity index (χ1v) is 4.98. The summed E-state index contributed by atoms with van der Waals surface area (Å²) in [6.07, 6.45) is -0.424. The number of methoxy groups -OCH3 is 1. The van der Waals surface area contributed by atoms with Crippen molar-refractivity contribution in [2.75, 3.05) is 20.8 Å². The second-order valence-corrected chi connectivity index (χ2v) is 3.08. The molecule has 0 radical (unpaired) electrons. The number of ether oxygens (including phenoxy) is 2. The maximum Gasteiger partial charge on any atom is 0.354 e. The molecule has 0 aliphatic carbocycles. The Bertz CT molecular complexity index is 338. The van der Waals surface area contributed by atoms with E-state index in [1.54, 1.807) is 6.92 Å². The Morgan fingerprint density at radius 1 is 1.29 bits per heavy atom. The summed E-state index contributed by atoms with van der Waals surface area (Å²) in [5.74, 6) is -1.84. The van der Waals surface area contributed by atoms with E-state index in [1.807, 2.05) is 0 Å². The van der Waals surface area contributed by atoms with Gasteiger partial charge in [-0.3, -0.25) is 9.59 Å². The highest BCUT2D eigenvalue weighted by Gasteiger charge is 2.15. The van der Waals surface area contributed by atoms with Gasteiger partial charge in [-0.1, -0.05) is 0 Å². The van der Waals surface area contributed by atoms with Crippen LogP contribution in [0.5, 0.6) is 0 Å². The number of hydrogen-bond acceptors (Lipinski definition) is 6. The van der Waals surface area contributed by atoms with Crippen LogP contribution in [0.1, 0.15) is 20.3 Å². The van der Waals surface area contributed by atoms with E-state index in [2.05, 4.69) is 14.6 Å². The number of rotatable bonds is 5. The van der Waals surface area contributed by atoms with Crippen molar-refractivity contribution >= 4 is 23.6 Å². The Morgan fingerprint density at radius 2 is 1.88 bits per heavy atom. The van der Waals surface area contributed by atoms with Gasteiger partial charge in [-0.2, -0.15) is 5.10 Å². The smallest absolute Gasteiger partial charge is 0.354 e. The SMILES string of the molecule is CCOC(=O)C(C)=NN(C)C(=O)CC(=O)OC. The van der Waals surface area contributed by atoms with Gasteiger partial charge in [0.15, 0.2) is 0 Å². The van der Waals surface area contributed by atoms with E-state index in [0.29, 0.717) is 0 Å². The predicted molar refractivity (Wildman–Crippen MR) is 59.1 cm³/mol. The Kier molecular flexibility index (Phi) is 6.54. The van der Waals surface area contributed by atoms with Gasteiger partial charge in [-0.15, -0.1) is 0 Å². The molecule has 0 aliphatic heterocycles. The van der Waals surface area contributed by atoms with Crippen LogP contribution < -0.4 is 0 Å². The van der Waals surface area contributed by atoms with E-state index in [0.717, 1.165) is 5.01 Å². The normalized spacial score (nSPS) is 10.7. The lowest BCUT2D eigenvalue weighted by atomic mass is 10.4. The van der Waals surface area contributed by atoms with Crippen molar-refractivity contribution in [3.05, 3.63) is 0 Å². The van der Waals surface area contributed by atoms with Gasteiger partial charge in [-0.05, 0) is 13.8 Å². The molecular formula is C10H16N2O5. The fourth-order valence-corrected chi connectivity index (χ4v) is 0.867. The quantitative estimate of drug-likeness (QED) is 0.293. The third-order valence-corrected chi connectivity index (χ3v) is 1.76. The van der Waals surface area contributed by atoms with Crippen molar-refractivity contribution in [2.45, 2.75) is 20.3 Å². The van der Waals surface area contributed by atoms with Crippen LogP contribution in [-0.2, 0) is 23.9 Å². The minimum atomic E-state index is -0.661. The molecule has 0 N–H and O–H groups in total. The lowest BCUT2D eigenvalue weighted by Crippen LogP contribution is -2.27. The minimum absolute atomic E-state index is 0.0348. The second kappa shape index (κ2) is 7.37.